The lowest BCUT2D eigenvalue weighted by Gasteiger charge is -2.62. The van der Waals surface area contributed by atoms with Crippen LogP contribution in [0.25, 0.3) is 0 Å². The number of fused-ring (bicyclic) bond motifs is 2. The molecule has 2 saturated carbocycles. The van der Waals surface area contributed by atoms with Crippen molar-refractivity contribution in [3.8, 4) is 0 Å². The average molecular weight is 688 g/mol. The molecule has 0 aromatic carbocycles. The minimum absolute atomic E-state index is 0.000762. The van der Waals surface area contributed by atoms with Crippen molar-refractivity contribution < 1.29 is 29.3 Å². The van der Waals surface area contributed by atoms with Gasteiger partial charge in [0.05, 0.1) is 55.6 Å². The number of piperidine rings is 1. The van der Waals surface area contributed by atoms with Crippen LogP contribution in [0.3, 0.4) is 0 Å². The van der Waals surface area contributed by atoms with Crippen molar-refractivity contribution in [2.75, 3.05) is 45.3 Å². The number of aliphatic hydroxyl groups is 2. The Labute approximate surface area is 293 Å². The molecule has 50 heavy (non-hydrogen) atoms. The number of pyridine rings is 1. The summed E-state index contributed by atoms with van der Waals surface area (Å²) in [7, 11) is 1.75. The van der Waals surface area contributed by atoms with Gasteiger partial charge in [0.15, 0.2) is 0 Å². The summed E-state index contributed by atoms with van der Waals surface area (Å²) in [6.07, 6.45) is 6.68. The van der Waals surface area contributed by atoms with Gasteiger partial charge < -0.3 is 35.7 Å². The molecule has 0 spiro atoms. The zero-order valence-corrected chi connectivity index (χ0v) is 29.1. The summed E-state index contributed by atoms with van der Waals surface area (Å²) < 4.78 is 11.6. The maximum atomic E-state index is 13.8. The van der Waals surface area contributed by atoms with Crippen LogP contribution in [-0.2, 0) is 19.1 Å². The van der Waals surface area contributed by atoms with Crippen molar-refractivity contribution in [3.63, 3.8) is 0 Å². The lowest BCUT2D eigenvalue weighted by molar-refractivity contribution is -0.163. The van der Waals surface area contributed by atoms with Gasteiger partial charge >= 0.3 is 5.97 Å². The number of allylic oxidation sites excluding steroid dienone is 2. The Bertz CT molecular complexity index is 1640. The number of cyclic esters (lactones) is 1. The number of carbonyl (C=O) groups is 2. The molecule has 2 aliphatic carbocycles. The molecular weight excluding hydrogens is 638 g/mol. The molecule has 0 bridgehead atoms. The minimum atomic E-state index is -0.693. The number of carbonyl (C=O) groups excluding carboxylic acids is 2. The van der Waals surface area contributed by atoms with Crippen LogP contribution in [-0.4, -0.2) is 113 Å². The molecule has 1 amide bonds. The number of nitrogens with one attached hydrogen (secondary N) is 3. The van der Waals surface area contributed by atoms with Crippen molar-refractivity contribution >= 4 is 29.1 Å². The monoisotopic (exact) mass is 687 g/mol. The van der Waals surface area contributed by atoms with Crippen LogP contribution >= 0.6 is 0 Å². The number of ether oxygens (including phenoxy) is 2. The van der Waals surface area contributed by atoms with Crippen molar-refractivity contribution in [1.82, 2.24) is 20.2 Å². The second kappa shape index (κ2) is 13.3. The summed E-state index contributed by atoms with van der Waals surface area (Å²) in [5, 5.41) is 43.3. The fourth-order valence-corrected chi connectivity index (χ4v) is 9.67. The molecule has 5 N–H and O–H groups in total. The van der Waals surface area contributed by atoms with Gasteiger partial charge in [0.2, 0.25) is 5.91 Å². The number of aliphatic hydroxyl groups excluding tert-OH is 2. The smallest absolute Gasteiger partial charge is 0.341 e. The number of esters is 1. The summed E-state index contributed by atoms with van der Waals surface area (Å²) in [5.41, 5.74) is 1.35. The Morgan fingerprint density at radius 1 is 1.26 bits per heavy atom. The lowest BCUT2D eigenvalue weighted by Crippen LogP contribution is -2.62. The number of rotatable bonds is 8. The van der Waals surface area contributed by atoms with Gasteiger partial charge in [-0.2, -0.15) is 5.10 Å². The largest absolute Gasteiger partial charge is 0.423 e. The average Bonchev–Trinajstić information content (AvgIpc) is 3.62. The van der Waals surface area contributed by atoms with E-state index < -0.39 is 35.6 Å². The van der Waals surface area contributed by atoms with Gasteiger partial charge in [0.1, 0.15) is 17.7 Å². The summed E-state index contributed by atoms with van der Waals surface area (Å²) >= 11 is 0. The maximum Gasteiger partial charge on any atom is 0.341 e. The SMILES string of the molecule is C=C1C(N2CCOCC2)CC2[C@](C)(CC[C@@H](O)[C@@]2(C)CO)C1CC(Nc1ccccn1)C1=C/C(=C\C2=NN(C)C3NC(=O)CC(=N)C23)OC1=O. The van der Waals surface area contributed by atoms with Gasteiger partial charge in [-0.15, -0.1) is 0 Å². The molecular formula is C37H49N7O6. The molecule has 13 nitrogen and oxygen atoms in total. The number of hydrazone groups is 1. The predicted molar refractivity (Wildman–Crippen MR) is 187 cm³/mol. The molecule has 5 heterocycles. The maximum absolute atomic E-state index is 13.8. The number of anilines is 1. The molecule has 13 heteroatoms. The quantitative estimate of drug-likeness (QED) is 0.202. The van der Waals surface area contributed by atoms with E-state index in [1.165, 1.54) is 0 Å². The summed E-state index contributed by atoms with van der Waals surface area (Å²) in [6, 6.07) is 5.12. The van der Waals surface area contributed by atoms with Gasteiger partial charge in [-0.05, 0) is 61.1 Å². The zero-order chi connectivity index (χ0) is 35.4. The fraction of sp³-hybridized carbons (Fsp3) is 0.595. The van der Waals surface area contributed by atoms with Crippen molar-refractivity contribution in [2.45, 2.75) is 70.3 Å². The van der Waals surface area contributed by atoms with E-state index in [1.54, 1.807) is 30.4 Å². The Morgan fingerprint density at radius 2 is 2.04 bits per heavy atom. The molecule has 268 valence electrons. The summed E-state index contributed by atoms with van der Waals surface area (Å²) in [6.45, 7) is 11.8. The van der Waals surface area contributed by atoms with E-state index in [4.69, 9.17) is 21.5 Å². The molecule has 2 saturated heterocycles. The van der Waals surface area contributed by atoms with E-state index in [1.807, 2.05) is 25.1 Å². The van der Waals surface area contributed by atoms with Gasteiger partial charge in [-0.1, -0.05) is 32.1 Å². The number of morpholine rings is 1. The third-order valence-corrected chi connectivity index (χ3v) is 12.5. The van der Waals surface area contributed by atoms with Crippen LogP contribution < -0.4 is 10.6 Å². The summed E-state index contributed by atoms with van der Waals surface area (Å²) in [5.74, 6) is -0.269. The molecule has 6 aliphatic rings. The van der Waals surface area contributed by atoms with E-state index in [0.29, 0.717) is 48.9 Å². The van der Waals surface area contributed by atoms with Crippen molar-refractivity contribution in [1.29, 1.82) is 5.41 Å². The topological polar surface area (TPSA) is 173 Å². The molecule has 4 fully saturated rings. The van der Waals surface area contributed by atoms with Crippen LogP contribution in [0.4, 0.5) is 5.82 Å². The highest BCUT2D eigenvalue weighted by atomic mass is 16.5. The highest BCUT2D eigenvalue weighted by molar-refractivity contribution is 6.18. The zero-order valence-electron chi connectivity index (χ0n) is 29.1. The van der Waals surface area contributed by atoms with Gasteiger partial charge in [-0.3, -0.25) is 14.7 Å². The lowest BCUT2D eigenvalue weighted by atomic mass is 9.45. The van der Waals surface area contributed by atoms with Gasteiger partial charge in [0.25, 0.3) is 0 Å². The predicted octanol–water partition coefficient (Wildman–Crippen LogP) is 2.46. The molecule has 1 aromatic heterocycles. The van der Waals surface area contributed by atoms with E-state index in [-0.39, 0.29) is 47.9 Å². The highest BCUT2D eigenvalue weighted by Crippen LogP contribution is 2.62. The van der Waals surface area contributed by atoms with Crippen LogP contribution in [0.2, 0.25) is 0 Å². The van der Waals surface area contributed by atoms with Gasteiger partial charge in [0, 0.05) is 49.6 Å². The third kappa shape index (κ3) is 5.97. The number of aromatic nitrogens is 1. The first kappa shape index (κ1) is 34.5. The Morgan fingerprint density at radius 3 is 2.76 bits per heavy atom. The highest BCUT2D eigenvalue weighted by Gasteiger charge is 2.60. The number of nitrogens with zero attached hydrogens (tertiary/aromatic N) is 4. The first-order chi connectivity index (χ1) is 23.9. The van der Waals surface area contributed by atoms with Crippen molar-refractivity contribution in [3.05, 3.63) is 60.0 Å². The van der Waals surface area contributed by atoms with E-state index in [0.717, 1.165) is 31.5 Å². The summed E-state index contributed by atoms with van der Waals surface area (Å²) in [4.78, 5) is 32.9. The first-order valence-corrected chi connectivity index (χ1v) is 17.7. The van der Waals surface area contributed by atoms with E-state index in [2.05, 4.69) is 32.5 Å². The standard InChI is InChI=1S/C37H49N7O6/c1-21-24(36(2)9-8-30(46)37(3,20-45)29(36)19-28(21)44-11-13-49-14-12-44)17-26(40-31-7-5-6-10-39-31)23-15-22(50-35(23)48)16-27-33-25(38)18-32(47)41-34(33)43(4)42-27/h5-7,10,15-16,24,26,28-30,33-34,38,45-46H,1,8-9,11-14,17-20H2,2-4H3,(H,39,40)(H,41,47)/b22-16+,38-25?/t24?,26?,28?,29?,30-,33?,34?,36-,37+/m1/s1. The van der Waals surface area contributed by atoms with E-state index >= 15 is 0 Å². The van der Waals surface area contributed by atoms with E-state index in [9.17, 15) is 19.8 Å². The molecule has 4 aliphatic heterocycles. The minimum Gasteiger partial charge on any atom is -0.423 e. The molecule has 7 rings (SSSR count). The second-order valence-electron chi connectivity index (χ2n) is 15.3. The van der Waals surface area contributed by atoms with Crippen LogP contribution in [0, 0.1) is 34.0 Å². The van der Waals surface area contributed by atoms with Crippen molar-refractivity contribution in [2.24, 2.45) is 33.7 Å². The fourth-order valence-electron chi connectivity index (χ4n) is 9.67. The number of hydrogen-bond acceptors (Lipinski definition) is 12. The number of hydrogen-bond donors (Lipinski definition) is 5. The molecule has 0 radical (unpaired) electrons. The second-order valence-corrected chi connectivity index (χ2v) is 15.3. The van der Waals surface area contributed by atoms with Crippen LogP contribution in [0.15, 0.2) is 65.1 Å². The Balaban J connectivity index is 1.25. The van der Waals surface area contributed by atoms with Crippen LogP contribution in [0.1, 0.15) is 46.0 Å². The molecule has 6 unspecified atom stereocenters. The third-order valence-electron chi connectivity index (χ3n) is 12.5. The van der Waals surface area contributed by atoms with Crippen LogP contribution in [0.5, 0.6) is 0 Å². The first-order valence-electron chi connectivity index (χ1n) is 17.7. The normalized spacial score (nSPS) is 37.5. The number of amides is 1. The van der Waals surface area contributed by atoms with Gasteiger partial charge in [-0.25, -0.2) is 9.78 Å². The molecule has 9 atom stereocenters. The Kier molecular flexibility index (Phi) is 9.21. The Hall–Kier alpha value is -3.91. The molecule has 1 aromatic rings.